The maximum absolute atomic E-state index is 11.5. The van der Waals surface area contributed by atoms with Crippen LogP contribution in [0.4, 0.5) is 5.82 Å². The van der Waals surface area contributed by atoms with Crippen molar-refractivity contribution in [2.75, 3.05) is 18.5 Å². The number of aromatic nitrogens is 1. The highest BCUT2D eigenvalue weighted by atomic mass is 16.5. The van der Waals surface area contributed by atoms with E-state index in [4.69, 9.17) is 4.74 Å². The van der Waals surface area contributed by atoms with Gasteiger partial charge in [-0.2, -0.15) is 0 Å². The lowest BCUT2D eigenvalue weighted by molar-refractivity contribution is -0.121. The number of carbonyl (C=O) groups excluding carboxylic acids is 1. The fourth-order valence-corrected chi connectivity index (χ4v) is 1.78. The molecule has 1 heterocycles. The van der Waals surface area contributed by atoms with E-state index in [0.717, 1.165) is 37.4 Å². The molecule has 2 rings (SSSR count). The summed E-state index contributed by atoms with van der Waals surface area (Å²) in [4.78, 5) is 15.7. The summed E-state index contributed by atoms with van der Waals surface area (Å²) in [5, 5.41) is 6.18. The van der Waals surface area contributed by atoms with Crippen molar-refractivity contribution >= 4 is 11.7 Å². The van der Waals surface area contributed by atoms with Gasteiger partial charge in [-0.1, -0.05) is 0 Å². The minimum absolute atomic E-state index is 0.148. The van der Waals surface area contributed by atoms with Crippen molar-refractivity contribution in [1.82, 2.24) is 10.3 Å². The van der Waals surface area contributed by atoms with Crippen LogP contribution >= 0.6 is 0 Å². The highest BCUT2D eigenvalue weighted by molar-refractivity contribution is 5.76. The summed E-state index contributed by atoms with van der Waals surface area (Å²) in [7, 11) is 0. The Morgan fingerprint density at radius 1 is 1.53 bits per heavy atom. The van der Waals surface area contributed by atoms with Crippen LogP contribution in [0.3, 0.4) is 0 Å². The predicted molar refractivity (Wildman–Crippen MR) is 74.3 cm³/mol. The first-order valence-corrected chi connectivity index (χ1v) is 6.90. The maximum atomic E-state index is 11.5. The minimum Gasteiger partial charge on any atom is -0.490 e. The van der Waals surface area contributed by atoms with E-state index >= 15 is 0 Å². The molecule has 0 unspecified atom stereocenters. The van der Waals surface area contributed by atoms with Gasteiger partial charge in [0, 0.05) is 25.2 Å². The van der Waals surface area contributed by atoms with Crippen LogP contribution in [0.2, 0.25) is 0 Å². The van der Waals surface area contributed by atoms with Gasteiger partial charge >= 0.3 is 0 Å². The Morgan fingerprint density at radius 2 is 2.37 bits per heavy atom. The Hall–Kier alpha value is -1.78. The summed E-state index contributed by atoms with van der Waals surface area (Å²) in [5.74, 6) is 1.65. The molecule has 5 nitrogen and oxygen atoms in total. The van der Waals surface area contributed by atoms with Crippen LogP contribution in [0.25, 0.3) is 0 Å². The molecule has 19 heavy (non-hydrogen) atoms. The quantitative estimate of drug-likeness (QED) is 0.704. The van der Waals surface area contributed by atoms with Gasteiger partial charge in [-0.3, -0.25) is 4.79 Å². The molecule has 1 fully saturated rings. The number of nitrogens with one attached hydrogen (secondary N) is 2. The topological polar surface area (TPSA) is 63.2 Å². The zero-order valence-electron chi connectivity index (χ0n) is 11.3. The van der Waals surface area contributed by atoms with Gasteiger partial charge in [0.2, 0.25) is 5.91 Å². The molecule has 0 radical (unpaired) electrons. The first-order valence-electron chi connectivity index (χ1n) is 6.90. The molecule has 1 saturated carbocycles. The molecule has 0 bridgehead atoms. The fourth-order valence-electron chi connectivity index (χ4n) is 1.78. The molecule has 1 aliphatic carbocycles. The van der Waals surface area contributed by atoms with E-state index in [1.54, 1.807) is 6.20 Å². The number of carbonyl (C=O) groups is 1. The monoisotopic (exact) mass is 263 g/mol. The van der Waals surface area contributed by atoms with Gasteiger partial charge in [0.1, 0.15) is 0 Å². The average molecular weight is 263 g/mol. The molecule has 0 atom stereocenters. The Morgan fingerprint density at radius 3 is 3.11 bits per heavy atom. The summed E-state index contributed by atoms with van der Waals surface area (Å²) >= 11 is 0. The molecule has 1 aliphatic rings. The largest absolute Gasteiger partial charge is 0.490 e. The van der Waals surface area contributed by atoms with Gasteiger partial charge in [0.05, 0.1) is 6.61 Å². The number of nitrogens with zero attached hydrogens (tertiary/aromatic N) is 1. The molecule has 0 aliphatic heterocycles. The Labute approximate surface area is 113 Å². The third kappa shape index (κ3) is 4.77. The number of hydrogen-bond donors (Lipinski definition) is 2. The molecule has 0 spiro atoms. The second-order valence-corrected chi connectivity index (χ2v) is 4.66. The van der Waals surface area contributed by atoms with Crippen molar-refractivity contribution in [2.24, 2.45) is 0 Å². The van der Waals surface area contributed by atoms with E-state index < -0.39 is 0 Å². The highest BCUT2D eigenvalue weighted by Gasteiger charge is 2.22. The SMILES string of the molecule is CCOc1cccnc1NCCCC(=O)NC1CC1. The van der Waals surface area contributed by atoms with Gasteiger partial charge in [0.15, 0.2) is 11.6 Å². The van der Waals surface area contributed by atoms with E-state index in [0.29, 0.717) is 19.1 Å². The summed E-state index contributed by atoms with van der Waals surface area (Å²) in [6.45, 7) is 3.28. The Balaban J connectivity index is 1.68. The number of anilines is 1. The van der Waals surface area contributed by atoms with Crippen LogP contribution in [0.5, 0.6) is 5.75 Å². The fraction of sp³-hybridized carbons (Fsp3) is 0.571. The van der Waals surface area contributed by atoms with Gasteiger partial charge in [-0.15, -0.1) is 0 Å². The van der Waals surface area contributed by atoms with E-state index in [2.05, 4.69) is 15.6 Å². The van der Waals surface area contributed by atoms with Gasteiger partial charge in [-0.05, 0) is 38.3 Å². The van der Waals surface area contributed by atoms with Crippen molar-refractivity contribution in [2.45, 2.75) is 38.6 Å². The standard InChI is InChI=1S/C14H21N3O2/c1-2-19-12-5-3-9-15-14(12)16-10-4-6-13(18)17-11-7-8-11/h3,5,9,11H,2,4,6-8,10H2,1H3,(H,15,16)(H,17,18). The van der Waals surface area contributed by atoms with Crippen LogP contribution in [0.15, 0.2) is 18.3 Å². The van der Waals surface area contributed by atoms with Crippen LogP contribution in [-0.4, -0.2) is 30.1 Å². The number of pyridine rings is 1. The van der Waals surface area contributed by atoms with E-state index in [1.807, 2.05) is 19.1 Å². The van der Waals surface area contributed by atoms with Crippen molar-refractivity contribution in [1.29, 1.82) is 0 Å². The summed E-state index contributed by atoms with van der Waals surface area (Å²) in [5.41, 5.74) is 0. The second-order valence-electron chi connectivity index (χ2n) is 4.66. The summed E-state index contributed by atoms with van der Waals surface area (Å²) in [6.07, 6.45) is 5.34. The molecule has 2 N–H and O–H groups in total. The molecule has 0 aromatic carbocycles. The molecule has 1 aromatic heterocycles. The van der Waals surface area contributed by atoms with Crippen LogP contribution in [0, 0.1) is 0 Å². The molecule has 1 amide bonds. The summed E-state index contributed by atoms with van der Waals surface area (Å²) in [6, 6.07) is 4.18. The third-order valence-electron chi connectivity index (χ3n) is 2.89. The highest BCUT2D eigenvalue weighted by Crippen LogP contribution is 2.21. The molecule has 0 saturated heterocycles. The Bertz CT molecular complexity index is 419. The zero-order valence-corrected chi connectivity index (χ0v) is 11.3. The molecule has 104 valence electrons. The second kappa shape index (κ2) is 6.97. The van der Waals surface area contributed by atoms with E-state index in [9.17, 15) is 4.79 Å². The molecular formula is C14H21N3O2. The first kappa shape index (κ1) is 13.6. The van der Waals surface area contributed by atoms with Gasteiger partial charge in [-0.25, -0.2) is 4.98 Å². The van der Waals surface area contributed by atoms with Crippen LogP contribution in [0.1, 0.15) is 32.6 Å². The van der Waals surface area contributed by atoms with E-state index in [1.165, 1.54) is 0 Å². The maximum Gasteiger partial charge on any atom is 0.220 e. The molecular weight excluding hydrogens is 242 g/mol. The lowest BCUT2D eigenvalue weighted by Gasteiger charge is -2.10. The minimum atomic E-state index is 0.148. The first-order chi connectivity index (χ1) is 9.29. The number of hydrogen-bond acceptors (Lipinski definition) is 4. The lowest BCUT2D eigenvalue weighted by atomic mass is 10.3. The van der Waals surface area contributed by atoms with Gasteiger partial charge < -0.3 is 15.4 Å². The number of rotatable bonds is 8. The normalized spacial score (nSPS) is 13.9. The Kier molecular flexibility index (Phi) is 5.01. The number of amides is 1. The lowest BCUT2D eigenvalue weighted by Crippen LogP contribution is -2.25. The number of ether oxygens (including phenoxy) is 1. The van der Waals surface area contributed by atoms with Crippen molar-refractivity contribution in [3.63, 3.8) is 0 Å². The van der Waals surface area contributed by atoms with Crippen LogP contribution < -0.4 is 15.4 Å². The van der Waals surface area contributed by atoms with Crippen molar-refractivity contribution < 1.29 is 9.53 Å². The van der Waals surface area contributed by atoms with E-state index in [-0.39, 0.29) is 5.91 Å². The van der Waals surface area contributed by atoms with Crippen molar-refractivity contribution in [3.05, 3.63) is 18.3 Å². The van der Waals surface area contributed by atoms with Crippen molar-refractivity contribution in [3.8, 4) is 5.75 Å². The van der Waals surface area contributed by atoms with Gasteiger partial charge in [0.25, 0.3) is 0 Å². The average Bonchev–Trinajstić information content (AvgIpc) is 3.21. The molecule has 1 aromatic rings. The zero-order chi connectivity index (χ0) is 13.5. The third-order valence-corrected chi connectivity index (χ3v) is 2.89. The van der Waals surface area contributed by atoms with Crippen LogP contribution in [-0.2, 0) is 4.79 Å². The predicted octanol–water partition coefficient (Wildman–Crippen LogP) is 1.95. The molecule has 5 heteroatoms. The summed E-state index contributed by atoms with van der Waals surface area (Å²) < 4.78 is 5.47. The smallest absolute Gasteiger partial charge is 0.220 e.